The van der Waals surface area contributed by atoms with Crippen molar-refractivity contribution in [3.63, 3.8) is 0 Å². The number of hydrogen-bond acceptors (Lipinski definition) is 4. The van der Waals surface area contributed by atoms with E-state index in [1.807, 2.05) is 0 Å². The first-order chi connectivity index (χ1) is 12.9. The summed E-state index contributed by atoms with van der Waals surface area (Å²) in [4.78, 5) is 12.5. The summed E-state index contributed by atoms with van der Waals surface area (Å²) in [6.45, 7) is 1.37. The first-order valence-corrected chi connectivity index (χ1v) is 10.0. The van der Waals surface area contributed by atoms with Gasteiger partial charge in [-0.1, -0.05) is 17.7 Å². The third-order valence-electron chi connectivity index (χ3n) is 3.51. The molecule has 0 aliphatic rings. The first kappa shape index (κ1) is 21.8. The second kappa shape index (κ2) is 8.27. The maximum atomic E-state index is 12.5. The number of rotatable bonds is 6. The van der Waals surface area contributed by atoms with Crippen molar-refractivity contribution < 1.29 is 31.1 Å². The van der Waals surface area contributed by atoms with Crippen molar-refractivity contribution in [2.45, 2.75) is 19.3 Å². The molecule has 0 aliphatic heterocycles. The second-order valence-electron chi connectivity index (χ2n) is 5.78. The summed E-state index contributed by atoms with van der Waals surface area (Å²) >= 11 is 5.90. The molecule has 152 valence electrons. The van der Waals surface area contributed by atoms with Gasteiger partial charge in [-0.05, 0) is 49.4 Å². The second-order valence-corrected chi connectivity index (χ2v) is 8.07. The van der Waals surface area contributed by atoms with Crippen LogP contribution in [-0.4, -0.2) is 33.0 Å². The lowest BCUT2D eigenvalue weighted by molar-refractivity contribution is -0.274. The number of hydrogen-bond donors (Lipinski definition) is 1. The predicted octanol–water partition coefficient (Wildman–Crippen LogP) is 4.03. The van der Waals surface area contributed by atoms with E-state index in [9.17, 15) is 26.4 Å². The molecule has 2 aromatic rings. The number of benzene rings is 2. The van der Waals surface area contributed by atoms with E-state index in [4.69, 9.17) is 11.6 Å². The summed E-state index contributed by atoms with van der Waals surface area (Å²) in [7, 11) is -3.83. The van der Waals surface area contributed by atoms with Crippen LogP contribution >= 0.6 is 11.6 Å². The van der Waals surface area contributed by atoms with E-state index in [0.717, 1.165) is 22.7 Å². The van der Waals surface area contributed by atoms with Gasteiger partial charge in [-0.15, -0.1) is 13.2 Å². The summed E-state index contributed by atoms with van der Waals surface area (Å²) in [6.07, 6.45) is -3.88. The van der Waals surface area contributed by atoms with Gasteiger partial charge in [-0.2, -0.15) is 0 Å². The Kier molecular flexibility index (Phi) is 6.45. The van der Waals surface area contributed by atoms with Crippen LogP contribution < -0.4 is 14.4 Å². The van der Waals surface area contributed by atoms with E-state index in [0.29, 0.717) is 5.02 Å². The molecule has 1 atom stereocenters. The Morgan fingerprint density at radius 3 is 2.29 bits per heavy atom. The maximum absolute atomic E-state index is 12.5. The molecule has 2 aromatic carbocycles. The fourth-order valence-electron chi connectivity index (χ4n) is 2.41. The van der Waals surface area contributed by atoms with Gasteiger partial charge in [0.2, 0.25) is 15.9 Å². The average Bonchev–Trinajstić information content (AvgIpc) is 2.54. The van der Waals surface area contributed by atoms with Crippen LogP contribution in [0, 0.1) is 0 Å². The molecule has 11 heteroatoms. The summed E-state index contributed by atoms with van der Waals surface area (Å²) in [5.74, 6) is -1.13. The highest BCUT2D eigenvalue weighted by Crippen LogP contribution is 2.26. The average molecular weight is 437 g/mol. The Morgan fingerprint density at radius 2 is 1.79 bits per heavy atom. The molecule has 0 saturated heterocycles. The molecule has 0 unspecified atom stereocenters. The Labute approximate surface area is 164 Å². The lowest BCUT2D eigenvalue weighted by Gasteiger charge is -2.28. The minimum atomic E-state index is -4.83. The molecule has 0 saturated carbocycles. The van der Waals surface area contributed by atoms with Crippen LogP contribution in [0.25, 0.3) is 0 Å². The van der Waals surface area contributed by atoms with Crippen LogP contribution in [0.2, 0.25) is 5.02 Å². The van der Waals surface area contributed by atoms with E-state index in [2.05, 4.69) is 10.1 Å². The number of nitrogens with zero attached hydrogens (tertiary/aromatic N) is 1. The van der Waals surface area contributed by atoms with Gasteiger partial charge in [0.15, 0.2) is 0 Å². The number of sulfonamides is 1. The molecular weight excluding hydrogens is 421 g/mol. The van der Waals surface area contributed by atoms with Gasteiger partial charge in [0, 0.05) is 10.7 Å². The highest BCUT2D eigenvalue weighted by atomic mass is 35.5. The minimum Gasteiger partial charge on any atom is -0.406 e. The zero-order valence-electron chi connectivity index (χ0n) is 14.7. The zero-order chi connectivity index (χ0) is 21.1. The van der Waals surface area contributed by atoms with Crippen LogP contribution in [0.3, 0.4) is 0 Å². The van der Waals surface area contributed by atoms with E-state index in [1.54, 1.807) is 12.1 Å². The number of nitrogens with one attached hydrogen (secondary N) is 1. The Balaban J connectivity index is 2.19. The molecule has 0 bridgehead atoms. The van der Waals surface area contributed by atoms with Gasteiger partial charge >= 0.3 is 6.36 Å². The molecule has 0 aromatic heterocycles. The van der Waals surface area contributed by atoms with E-state index < -0.39 is 34.1 Å². The fraction of sp³-hybridized carbons (Fsp3) is 0.235. The van der Waals surface area contributed by atoms with Gasteiger partial charge in [0.05, 0.1) is 11.9 Å². The Bertz CT molecular complexity index is 950. The van der Waals surface area contributed by atoms with E-state index >= 15 is 0 Å². The van der Waals surface area contributed by atoms with Crippen LogP contribution in [0.1, 0.15) is 6.92 Å². The highest BCUT2D eigenvalue weighted by Gasteiger charge is 2.31. The minimum absolute atomic E-state index is 0.172. The molecule has 28 heavy (non-hydrogen) atoms. The topological polar surface area (TPSA) is 75.7 Å². The Hall–Kier alpha value is -2.46. The third kappa shape index (κ3) is 6.03. The van der Waals surface area contributed by atoms with Gasteiger partial charge in [0.1, 0.15) is 11.8 Å². The Morgan fingerprint density at radius 1 is 1.18 bits per heavy atom. The molecule has 0 heterocycles. The molecule has 2 rings (SSSR count). The number of carbonyl (C=O) groups excluding carboxylic acids is 1. The van der Waals surface area contributed by atoms with Gasteiger partial charge in [-0.25, -0.2) is 8.42 Å². The van der Waals surface area contributed by atoms with Gasteiger partial charge in [0.25, 0.3) is 0 Å². The molecule has 6 nitrogen and oxygen atoms in total. The van der Waals surface area contributed by atoms with Crippen molar-refractivity contribution in [1.82, 2.24) is 0 Å². The number of anilines is 2. The molecular formula is C17H16ClF3N2O4S. The van der Waals surface area contributed by atoms with Gasteiger partial charge < -0.3 is 10.1 Å². The summed E-state index contributed by atoms with van der Waals surface area (Å²) in [5, 5.41) is 2.74. The van der Waals surface area contributed by atoms with Gasteiger partial charge in [-0.3, -0.25) is 9.10 Å². The zero-order valence-corrected chi connectivity index (χ0v) is 16.3. The number of carbonyl (C=O) groups is 1. The van der Waals surface area contributed by atoms with Crippen LogP contribution in [0.15, 0.2) is 48.5 Å². The highest BCUT2D eigenvalue weighted by molar-refractivity contribution is 7.92. The number of halogens is 4. The molecule has 0 fully saturated rings. The monoisotopic (exact) mass is 436 g/mol. The summed E-state index contributed by atoms with van der Waals surface area (Å²) < 4.78 is 65.6. The molecule has 0 radical (unpaired) electrons. The summed E-state index contributed by atoms with van der Waals surface area (Å²) in [6, 6.07) is 9.29. The normalized spacial score (nSPS) is 12.9. The smallest absolute Gasteiger partial charge is 0.406 e. The molecule has 0 aliphatic carbocycles. The van der Waals surface area contributed by atoms with Crippen molar-refractivity contribution in [2.24, 2.45) is 0 Å². The van der Waals surface area contributed by atoms with Crippen molar-refractivity contribution in [1.29, 1.82) is 0 Å². The quantitative estimate of drug-likeness (QED) is 0.741. The number of alkyl halides is 3. The number of amides is 1. The van der Waals surface area contributed by atoms with Crippen molar-refractivity contribution in [3.8, 4) is 5.75 Å². The summed E-state index contributed by atoms with van der Waals surface area (Å²) in [5.41, 5.74) is 0.373. The molecule has 0 spiro atoms. The van der Waals surface area contributed by atoms with Crippen molar-refractivity contribution in [2.75, 3.05) is 15.9 Å². The predicted molar refractivity (Wildman–Crippen MR) is 100.0 cm³/mol. The van der Waals surface area contributed by atoms with E-state index in [-0.39, 0.29) is 11.4 Å². The largest absolute Gasteiger partial charge is 0.573 e. The molecule has 1 amide bonds. The molecule has 1 N–H and O–H groups in total. The van der Waals surface area contributed by atoms with Crippen molar-refractivity contribution in [3.05, 3.63) is 53.6 Å². The van der Waals surface area contributed by atoms with Crippen LogP contribution in [0.5, 0.6) is 5.75 Å². The SMILES string of the molecule is C[C@H](C(=O)Nc1ccc(OC(F)(F)F)cc1)N(c1cccc(Cl)c1)S(C)(=O)=O. The lowest BCUT2D eigenvalue weighted by atomic mass is 10.2. The van der Waals surface area contributed by atoms with Crippen molar-refractivity contribution >= 4 is 38.9 Å². The fourth-order valence-corrected chi connectivity index (χ4v) is 3.76. The van der Waals surface area contributed by atoms with E-state index in [1.165, 1.54) is 31.2 Å². The third-order valence-corrected chi connectivity index (χ3v) is 4.98. The maximum Gasteiger partial charge on any atom is 0.573 e. The lowest BCUT2D eigenvalue weighted by Crippen LogP contribution is -2.45. The standard InChI is InChI=1S/C17H16ClF3N2O4S/c1-11(23(28(2,25)26)14-5-3-4-12(18)10-14)16(24)22-13-6-8-15(9-7-13)27-17(19,20)21/h3-11H,1-2H3,(H,22,24)/t11-/m1/s1. The van der Waals surface area contributed by atoms with Crippen LogP contribution in [0.4, 0.5) is 24.5 Å². The number of ether oxygens (including phenoxy) is 1. The van der Waals surface area contributed by atoms with Crippen LogP contribution in [-0.2, 0) is 14.8 Å². The first-order valence-electron chi connectivity index (χ1n) is 7.78.